The number of hydrogen-bond acceptors (Lipinski definition) is 5. The second kappa shape index (κ2) is 7.21. The molecule has 112 valence electrons. The number of nitrogens with one attached hydrogen (secondary N) is 1. The van der Waals surface area contributed by atoms with Gasteiger partial charge in [0.25, 0.3) is 0 Å². The SMILES string of the molecule is CCCNCc1ccc([N+](=O)[O-])c(OCC(C)(C)O)c1. The molecule has 0 fully saturated rings. The predicted octanol–water partition coefficient (Wildman–Crippen LogP) is 2.24. The van der Waals surface area contributed by atoms with Crippen LogP contribution in [0.3, 0.4) is 0 Å². The minimum Gasteiger partial charge on any atom is -0.484 e. The van der Waals surface area contributed by atoms with Crippen molar-refractivity contribution in [1.29, 1.82) is 0 Å². The van der Waals surface area contributed by atoms with E-state index in [-0.39, 0.29) is 18.0 Å². The van der Waals surface area contributed by atoms with E-state index in [0.29, 0.717) is 6.54 Å². The van der Waals surface area contributed by atoms with Crippen LogP contribution in [0.5, 0.6) is 5.75 Å². The highest BCUT2D eigenvalue weighted by Crippen LogP contribution is 2.28. The third-order valence-corrected chi connectivity index (χ3v) is 2.56. The van der Waals surface area contributed by atoms with Gasteiger partial charge in [-0.05, 0) is 38.4 Å². The Balaban J connectivity index is 2.85. The van der Waals surface area contributed by atoms with Crippen LogP contribution in [0.1, 0.15) is 32.8 Å². The number of nitro benzene ring substituents is 1. The molecule has 0 atom stereocenters. The third-order valence-electron chi connectivity index (χ3n) is 2.56. The van der Waals surface area contributed by atoms with Gasteiger partial charge < -0.3 is 15.2 Å². The van der Waals surface area contributed by atoms with E-state index in [1.54, 1.807) is 26.0 Å². The molecule has 6 heteroatoms. The fraction of sp³-hybridized carbons (Fsp3) is 0.571. The van der Waals surface area contributed by atoms with Crippen molar-refractivity contribution >= 4 is 5.69 Å². The van der Waals surface area contributed by atoms with E-state index >= 15 is 0 Å². The molecule has 0 spiro atoms. The van der Waals surface area contributed by atoms with Gasteiger partial charge in [-0.15, -0.1) is 0 Å². The van der Waals surface area contributed by atoms with Crippen LogP contribution >= 0.6 is 0 Å². The summed E-state index contributed by atoms with van der Waals surface area (Å²) in [5, 5.41) is 23.8. The normalized spacial score (nSPS) is 11.4. The third kappa shape index (κ3) is 5.54. The maximum absolute atomic E-state index is 11.0. The van der Waals surface area contributed by atoms with Crippen LogP contribution in [-0.2, 0) is 6.54 Å². The van der Waals surface area contributed by atoms with Crippen molar-refractivity contribution < 1.29 is 14.8 Å². The van der Waals surface area contributed by atoms with Crippen molar-refractivity contribution in [3.63, 3.8) is 0 Å². The fourth-order valence-electron chi connectivity index (χ4n) is 1.60. The van der Waals surface area contributed by atoms with Crippen molar-refractivity contribution in [2.75, 3.05) is 13.2 Å². The zero-order valence-electron chi connectivity index (χ0n) is 12.2. The standard InChI is InChI=1S/C14H22N2O4/c1-4-7-15-9-11-5-6-12(16(18)19)13(8-11)20-10-14(2,3)17/h5-6,8,15,17H,4,7,9-10H2,1-3H3. The Morgan fingerprint density at radius 3 is 2.70 bits per heavy atom. The predicted molar refractivity (Wildman–Crippen MR) is 76.9 cm³/mol. The lowest BCUT2D eigenvalue weighted by atomic mass is 10.1. The summed E-state index contributed by atoms with van der Waals surface area (Å²) in [5.74, 6) is 0.188. The van der Waals surface area contributed by atoms with Crippen LogP contribution in [0.4, 0.5) is 5.69 Å². The Morgan fingerprint density at radius 2 is 2.15 bits per heavy atom. The molecule has 6 nitrogen and oxygen atoms in total. The number of benzene rings is 1. The van der Waals surface area contributed by atoms with Crippen molar-refractivity contribution in [1.82, 2.24) is 5.32 Å². The molecule has 2 N–H and O–H groups in total. The Bertz CT molecular complexity index is 455. The lowest BCUT2D eigenvalue weighted by Gasteiger charge is -2.18. The highest BCUT2D eigenvalue weighted by molar-refractivity contribution is 5.48. The molecule has 20 heavy (non-hydrogen) atoms. The highest BCUT2D eigenvalue weighted by Gasteiger charge is 2.19. The quantitative estimate of drug-likeness (QED) is 0.434. The summed E-state index contributed by atoms with van der Waals surface area (Å²) in [6, 6.07) is 4.78. The van der Waals surface area contributed by atoms with E-state index in [2.05, 4.69) is 12.2 Å². The highest BCUT2D eigenvalue weighted by atomic mass is 16.6. The summed E-state index contributed by atoms with van der Waals surface area (Å²) in [6.07, 6.45) is 1.02. The number of aliphatic hydroxyl groups is 1. The average Bonchev–Trinajstić information content (AvgIpc) is 2.35. The summed E-state index contributed by atoms with van der Waals surface area (Å²) >= 11 is 0. The summed E-state index contributed by atoms with van der Waals surface area (Å²) in [7, 11) is 0. The molecule has 0 amide bonds. The zero-order valence-corrected chi connectivity index (χ0v) is 12.2. The van der Waals surface area contributed by atoms with Gasteiger partial charge in [-0.25, -0.2) is 0 Å². The van der Waals surface area contributed by atoms with Crippen molar-refractivity contribution in [2.24, 2.45) is 0 Å². The van der Waals surface area contributed by atoms with E-state index in [0.717, 1.165) is 18.5 Å². The van der Waals surface area contributed by atoms with E-state index in [4.69, 9.17) is 4.74 Å². The van der Waals surface area contributed by atoms with Gasteiger partial charge in [0.15, 0.2) is 5.75 Å². The number of ether oxygens (including phenoxy) is 1. The monoisotopic (exact) mass is 282 g/mol. The van der Waals surface area contributed by atoms with Crippen LogP contribution in [0.25, 0.3) is 0 Å². The molecule has 1 rings (SSSR count). The van der Waals surface area contributed by atoms with Gasteiger partial charge >= 0.3 is 5.69 Å². The molecule has 1 aromatic carbocycles. The first-order valence-corrected chi connectivity index (χ1v) is 6.66. The van der Waals surface area contributed by atoms with Crippen LogP contribution in [0, 0.1) is 10.1 Å². The Labute approximate surface area is 118 Å². The minimum atomic E-state index is -1.04. The van der Waals surface area contributed by atoms with Gasteiger partial charge in [0, 0.05) is 12.6 Å². The van der Waals surface area contributed by atoms with Crippen LogP contribution < -0.4 is 10.1 Å². The Kier molecular flexibility index (Phi) is 5.91. The van der Waals surface area contributed by atoms with E-state index < -0.39 is 10.5 Å². The number of rotatable bonds is 8. The van der Waals surface area contributed by atoms with E-state index in [1.807, 2.05) is 0 Å². The smallest absolute Gasteiger partial charge is 0.310 e. The van der Waals surface area contributed by atoms with Gasteiger partial charge in [0.1, 0.15) is 6.61 Å². The summed E-state index contributed by atoms with van der Waals surface area (Å²) in [6.45, 7) is 6.76. The first-order chi connectivity index (χ1) is 9.33. The zero-order chi connectivity index (χ0) is 15.2. The summed E-state index contributed by atoms with van der Waals surface area (Å²) < 4.78 is 5.39. The molecular weight excluding hydrogens is 260 g/mol. The lowest BCUT2D eigenvalue weighted by molar-refractivity contribution is -0.386. The fourth-order valence-corrected chi connectivity index (χ4v) is 1.60. The molecular formula is C14H22N2O4. The number of hydrogen-bond donors (Lipinski definition) is 2. The van der Waals surface area contributed by atoms with Gasteiger partial charge in [-0.1, -0.05) is 13.0 Å². The maximum atomic E-state index is 11.0. The lowest BCUT2D eigenvalue weighted by Crippen LogP contribution is -2.28. The number of nitro groups is 1. The van der Waals surface area contributed by atoms with Crippen LogP contribution in [0.15, 0.2) is 18.2 Å². The van der Waals surface area contributed by atoms with Gasteiger partial charge in [-0.2, -0.15) is 0 Å². The molecule has 0 heterocycles. The first-order valence-electron chi connectivity index (χ1n) is 6.66. The second-order valence-electron chi connectivity index (χ2n) is 5.34. The molecule has 0 bridgehead atoms. The molecule has 0 aliphatic rings. The maximum Gasteiger partial charge on any atom is 0.310 e. The van der Waals surface area contributed by atoms with Gasteiger partial charge in [0.2, 0.25) is 0 Å². The number of nitrogens with zero attached hydrogens (tertiary/aromatic N) is 1. The summed E-state index contributed by atoms with van der Waals surface area (Å²) in [4.78, 5) is 10.5. The molecule has 0 radical (unpaired) electrons. The van der Waals surface area contributed by atoms with Crippen molar-refractivity contribution in [3.05, 3.63) is 33.9 Å². The van der Waals surface area contributed by atoms with Crippen molar-refractivity contribution in [3.8, 4) is 5.75 Å². The molecule has 1 aromatic rings. The molecule has 0 aromatic heterocycles. The molecule has 0 aliphatic carbocycles. The molecule has 0 saturated carbocycles. The molecule has 0 saturated heterocycles. The van der Waals surface area contributed by atoms with E-state index in [1.165, 1.54) is 6.07 Å². The Hall–Kier alpha value is -1.66. The van der Waals surface area contributed by atoms with Crippen molar-refractivity contribution in [2.45, 2.75) is 39.3 Å². The second-order valence-corrected chi connectivity index (χ2v) is 5.34. The first kappa shape index (κ1) is 16.4. The van der Waals surface area contributed by atoms with Gasteiger partial charge in [0.05, 0.1) is 10.5 Å². The topological polar surface area (TPSA) is 84.6 Å². The van der Waals surface area contributed by atoms with Crippen LogP contribution in [-0.4, -0.2) is 28.8 Å². The average molecular weight is 282 g/mol. The van der Waals surface area contributed by atoms with Gasteiger partial charge in [-0.3, -0.25) is 10.1 Å². The summed E-state index contributed by atoms with van der Waals surface area (Å²) in [5.41, 5.74) is -0.215. The molecule has 0 aliphatic heterocycles. The minimum absolute atomic E-state index is 0.000316. The van der Waals surface area contributed by atoms with Crippen LogP contribution in [0.2, 0.25) is 0 Å². The largest absolute Gasteiger partial charge is 0.484 e. The van der Waals surface area contributed by atoms with E-state index in [9.17, 15) is 15.2 Å². The Morgan fingerprint density at radius 1 is 1.45 bits per heavy atom. The molecule has 0 unspecified atom stereocenters.